The van der Waals surface area contributed by atoms with Crippen LogP contribution in [-0.4, -0.2) is 50.2 Å². The van der Waals surface area contributed by atoms with Crippen molar-refractivity contribution in [3.63, 3.8) is 0 Å². The number of likely N-dealkylation sites (tertiary alicyclic amines) is 1. The summed E-state index contributed by atoms with van der Waals surface area (Å²) in [7, 11) is 0. The quantitative estimate of drug-likeness (QED) is 0.450. The molecule has 2 aliphatic heterocycles. The highest BCUT2D eigenvalue weighted by Crippen LogP contribution is 2.60. The lowest BCUT2D eigenvalue weighted by molar-refractivity contribution is -0.114. The van der Waals surface area contributed by atoms with E-state index in [9.17, 15) is 4.79 Å². The van der Waals surface area contributed by atoms with Crippen molar-refractivity contribution in [3.8, 4) is 0 Å². The molecule has 1 saturated carbocycles. The number of benzene rings is 2. The fourth-order valence-electron chi connectivity index (χ4n) is 7.07. The lowest BCUT2D eigenvalue weighted by Gasteiger charge is -2.38. The summed E-state index contributed by atoms with van der Waals surface area (Å²) >= 11 is 3.85. The molecule has 39 heavy (non-hydrogen) atoms. The molecule has 2 N–H and O–H groups in total. The molecule has 4 aliphatic rings. The normalized spacial score (nSPS) is 28.6. The average molecular weight is 595 g/mol. The molecule has 3 atom stereocenters. The average Bonchev–Trinajstić information content (AvgIpc) is 3.37. The number of halogens is 2. The molecule has 2 aromatic rings. The van der Waals surface area contributed by atoms with Crippen molar-refractivity contribution in [3.05, 3.63) is 87.2 Å². The standard InChI is InChI=1S/C32H37BrFN3O2/c1-2-21-3-5-22(6-4-21)18-36-19-26-25(27(26)20-36)17-32(16-23(31(35)38)7-10-30(32)33)24-8-9-29(28(34)15-24)37-11-13-39-14-12-37/h3-10,15,25-27H,2,11-14,16-20H2,1H3,(H2,35,38). The number of hydrogen-bond donors (Lipinski definition) is 1. The number of piperidine rings is 1. The number of anilines is 1. The van der Waals surface area contributed by atoms with Crippen molar-refractivity contribution in [1.82, 2.24) is 4.90 Å². The van der Waals surface area contributed by atoms with E-state index in [1.165, 1.54) is 11.1 Å². The van der Waals surface area contributed by atoms with E-state index in [-0.39, 0.29) is 5.82 Å². The van der Waals surface area contributed by atoms with E-state index in [2.05, 4.69) is 58.1 Å². The molecule has 5 nitrogen and oxygen atoms in total. The van der Waals surface area contributed by atoms with Gasteiger partial charge < -0.3 is 15.4 Å². The smallest absolute Gasteiger partial charge is 0.244 e. The first-order valence-electron chi connectivity index (χ1n) is 14.2. The summed E-state index contributed by atoms with van der Waals surface area (Å²) in [5.41, 5.74) is 10.1. The molecule has 3 fully saturated rings. The zero-order valence-corrected chi connectivity index (χ0v) is 24.1. The molecule has 2 aromatic carbocycles. The Kier molecular flexibility index (Phi) is 7.42. The molecule has 3 unspecified atom stereocenters. The summed E-state index contributed by atoms with van der Waals surface area (Å²) in [5, 5.41) is 0. The van der Waals surface area contributed by atoms with Crippen molar-refractivity contribution in [2.75, 3.05) is 44.3 Å². The van der Waals surface area contributed by atoms with Crippen LogP contribution in [0.25, 0.3) is 0 Å². The molecule has 2 aliphatic carbocycles. The molecule has 6 rings (SSSR count). The molecule has 1 amide bonds. The number of carbonyl (C=O) groups is 1. The second-order valence-corrected chi connectivity index (χ2v) is 12.5. The van der Waals surface area contributed by atoms with Crippen LogP contribution in [0.5, 0.6) is 0 Å². The van der Waals surface area contributed by atoms with Crippen LogP contribution in [0.15, 0.2) is 64.7 Å². The topological polar surface area (TPSA) is 58.8 Å². The van der Waals surface area contributed by atoms with Gasteiger partial charge in [-0.15, -0.1) is 0 Å². The summed E-state index contributed by atoms with van der Waals surface area (Å²) in [5.74, 6) is 1.19. The van der Waals surface area contributed by atoms with Crippen LogP contribution < -0.4 is 10.6 Å². The minimum atomic E-state index is -0.501. The number of carbonyl (C=O) groups excluding carboxylic acids is 1. The first kappa shape index (κ1) is 26.7. The first-order chi connectivity index (χ1) is 18.9. The fourth-order valence-corrected chi connectivity index (χ4v) is 7.74. The zero-order valence-electron chi connectivity index (χ0n) is 22.5. The fraction of sp³-hybridized carbons (Fsp3) is 0.469. The van der Waals surface area contributed by atoms with Gasteiger partial charge in [-0.05, 0) is 65.8 Å². The Morgan fingerprint density at radius 1 is 1.08 bits per heavy atom. The molecular formula is C32H37BrFN3O2. The van der Waals surface area contributed by atoms with Crippen LogP contribution in [0.2, 0.25) is 0 Å². The Morgan fingerprint density at radius 3 is 2.41 bits per heavy atom. The van der Waals surface area contributed by atoms with Crippen LogP contribution in [0, 0.1) is 23.6 Å². The van der Waals surface area contributed by atoms with Crippen molar-refractivity contribution in [2.45, 2.75) is 38.1 Å². The van der Waals surface area contributed by atoms with Crippen molar-refractivity contribution >= 4 is 27.5 Å². The summed E-state index contributed by atoms with van der Waals surface area (Å²) in [6.45, 7) is 7.94. The number of rotatable bonds is 8. The molecule has 0 bridgehead atoms. The first-order valence-corrected chi connectivity index (χ1v) is 15.0. The number of aryl methyl sites for hydroxylation is 1. The van der Waals surface area contributed by atoms with E-state index in [1.807, 2.05) is 23.1 Å². The number of morpholine rings is 1. The molecule has 0 aromatic heterocycles. The monoisotopic (exact) mass is 593 g/mol. The highest BCUT2D eigenvalue weighted by molar-refractivity contribution is 9.11. The Labute approximate surface area is 239 Å². The van der Waals surface area contributed by atoms with Gasteiger partial charge in [0.2, 0.25) is 5.91 Å². The van der Waals surface area contributed by atoms with E-state index in [0.717, 1.165) is 42.5 Å². The maximum atomic E-state index is 15.6. The Balaban J connectivity index is 1.21. The second kappa shape index (κ2) is 10.8. The lowest BCUT2D eigenvalue weighted by Crippen LogP contribution is -2.37. The molecule has 0 spiro atoms. The number of nitrogens with zero attached hydrogens (tertiary/aromatic N) is 2. The van der Waals surface area contributed by atoms with Crippen LogP contribution in [0.3, 0.4) is 0 Å². The second-order valence-electron chi connectivity index (χ2n) is 11.7. The highest BCUT2D eigenvalue weighted by Gasteiger charge is 2.58. The van der Waals surface area contributed by atoms with Gasteiger partial charge in [0.05, 0.1) is 18.9 Å². The van der Waals surface area contributed by atoms with Gasteiger partial charge in [-0.1, -0.05) is 65.3 Å². The third-order valence-electron chi connectivity index (χ3n) is 9.42. The summed E-state index contributed by atoms with van der Waals surface area (Å²) < 4.78 is 22.0. The van der Waals surface area contributed by atoms with E-state index in [1.54, 1.807) is 6.07 Å². The largest absolute Gasteiger partial charge is 0.378 e. The van der Waals surface area contributed by atoms with Crippen LogP contribution in [0.1, 0.15) is 36.5 Å². The van der Waals surface area contributed by atoms with Crippen LogP contribution in [0.4, 0.5) is 10.1 Å². The third-order valence-corrected chi connectivity index (χ3v) is 10.4. The van der Waals surface area contributed by atoms with Gasteiger partial charge in [0.15, 0.2) is 0 Å². The summed E-state index contributed by atoms with van der Waals surface area (Å²) in [4.78, 5) is 16.9. The van der Waals surface area contributed by atoms with Crippen LogP contribution in [-0.2, 0) is 27.9 Å². The Morgan fingerprint density at radius 2 is 1.77 bits per heavy atom. The number of ether oxygens (including phenoxy) is 1. The van der Waals surface area contributed by atoms with E-state index >= 15 is 4.39 Å². The van der Waals surface area contributed by atoms with Gasteiger partial charge in [-0.3, -0.25) is 9.69 Å². The Bertz CT molecular complexity index is 1290. The van der Waals surface area contributed by atoms with Crippen molar-refractivity contribution in [2.24, 2.45) is 23.5 Å². The number of fused-ring (bicyclic) bond motifs is 1. The lowest BCUT2D eigenvalue weighted by atomic mass is 9.69. The Hall–Kier alpha value is -2.48. The maximum absolute atomic E-state index is 15.6. The van der Waals surface area contributed by atoms with Gasteiger partial charge >= 0.3 is 0 Å². The van der Waals surface area contributed by atoms with E-state index in [4.69, 9.17) is 10.5 Å². The maximum Gasteiger partial charge on any atom is 0.244 e. The molecule has 2 saturated heterocycles. The van der Waals surface area contributed by atoms with Gasteiger partial charge in [0.1, 0.15) is 5.82 Å². The number of hydrogen-bond acceptors (Lipinski definition) is 4. The van der Waals surface area contributed by atoms with Gasteiger partial charge in [-0.2, -0.15) is 0 Å². The summed E-state index contributed by atoms with van der Waals surface area (Å²) in [6, 6.07) is 14.6. The number of nitrogens with two attached hydrogens (primary N) is 1. The SMILES string of the molecule is CCc1ccc(CN2CC3C(C2)C3CC2(c3ccc(N4CCOCC4)c(F)c3)CC(C(N)=O)=CC=C2Br)cc1. The summed E-state index contributed by atoms with van der Waals surface area (Å²) in [6.07, 6.45) is 6.18. The van der Waals surface area contributed by atoms with Crippen molar-refractivity contribution in [1.29, 1.82) is 0 Å². The van der Waals surface area contributed by atoms with E-state index < -0.39 is 11.3 Å². The minimum Gasteiger partial charge on any atom is -0.378 e. The van der Waals surface area contributed by atoms with Crippen molar-refractivity contribution < 1.29 is 13.9 Å². The predicted octanol–water partition coefficient (Wildman–Crippen LogP) is 5.32. The molecular weight excluding hydrogens is 557 g/mol. The minimum absolute atomic E-state index is 0.222. The zero-order chi connectivity index (χ0) is 27.1. The molecule has 0 radical (unpaired) electrons. The number of amides is 1. The van der Waals surface area contributed by atoms with Crippen LogP contribution >= 0.6 is 15.9 Å². The van der Waals surface area contributed by atoms with E-state index in [0.29, 0.717) is 61.7 Å². The number of primary amides is 1. The molecule has 206 valence electrons. The molecule has 2 heterocycles. The van der Waals surface area contributed by atoms with Gasteiger partial charge in [-0.25, -0.2) is 4.39 Å². The van der Waals surface area contributed by atoms with Gasteiger partial charge in [0.25, 0.3) is 0 Å². The third kappa shape index (κ3) is 5.21. The highest BCUT2D eigenvalue weighted by atomic mass is 79.9. The predicted molar refractivity (Wildman–Crippen MR) is 156 cm³/mol. The van der Waals surface area contributed by atoms with Gasteiger partial charge in [0, 0.05) is 48.2 Å². The molecule has 7 heteroatoms. The number of allylic oxidation sites excluding steroid dienone is 3.